The minimum absolute atomic E-state index is 0.915. The first-order valence-corrected chi connectivity index (χ1v) is 12.6. The topological polar surface area (TPSA) is 50.1 Å². The van der Waals surface area contributed by atoms with Crippen LogP contribution in [0.1, 0.15) is 43.4 Å². The van der Waals surface area contributed by atoms with E-state index < -0.39 is 0 Å². The summed E-state index contributed by atoms with van der Waals surface area (Å²) in [6.07, 6.45) is 14.4. The summed E-state index contributed by atoms with van der Waals surface area (Å²) in [7, 11) is 0. The van der Waals surface area contributed by atoms with Crippen molar-refractivity contribution in [2.45, 2.75) is 45.2 Å². The Morgan fingerprint density at radius 2 is 1.50 bits per heavy atom. The average Bonchev–Trinajstić information content (AvgIpc) is 3.54. The molecule has 0 radical (unpaired) electrons. The standard InChI is InChI=1S/C28H32N6/c1-2-10-33(11-3-1)21-26-16-27(8-9-30-26)34-28-7-6-23(15-25(28)19-31-34)24-14-22(17-29-18-24)20-32-12-4-5-13-32/h6-9,14-19H,1-5,10-13,20-21H2. The molecule has 174 valence electrons. The van der Waals surface area contributed by atoms with Crippen LogP contribution in [0.2, 0.25) is 0 Å². The molecule has 6 rings (SSSR count). The molecule has 2 fully saturated rings. The second-order valence-corrected chi connectivity index (χ2v) is 9.74. The van der Waals surface area contributed by atoms with E-state index in [9.17, 15) is 0 Å². The first kappa shape index (κ1) is 21.4. The van der Waals surface area contributed by atoms with Gasteiger partial charge in [0, 0.05) is 42.6 Å². The van der Waals surface area contributed by atoms with Crippen molar-refractivity contribution in [3.63, 3.8) is 0 Å². The zero-order valence-electron chi connectivity index (χ0n) is 19.7. The molecule has 2 saturated heterocycles. The number of pyridine rings is 2. The molecular formula is C28H32N6. The van der Waals surface area contributed by atoms with E-state index in [1.54, 1.807) is 0 Å². The van der Waals surface area contributed by atoms with Gasteiger partial charge in [-0.2, -0.15) is 5.10 Å². The highest BCUT2D eigenvalue weighted by Crippen LogP contribution is 2.27. The zero-order chi connectivity index (χ0) is 22.7. The maximum Gasteiger partial charge on any atom is 0.0741 e. The highest BCUT2D eigenvalue weighted by atomic mass is 15.3. The van der Waals surface area contributed by atoms with E-state index in [2.05, 4.69) is 50.1 Å². The third kappa shape index (κ3) is 4.61. The molecule has 3 aromatic heterocycles. The van der Waals surface area contributed by atoms with Gasteiger partial charge in [0.25, 0.3) is 0 Å². The van der Waals surface area contributed by atoms with Crippen LogP contribution in [-0.2, 0) is 13.1 Å². The van der Waals surface area contributed by atoms with Gasteiger partial charge >= 0.3 is 0 Å². The van der Waals surface area contributed by atoms with Crippen molar-refractivity contribution in [1.29, 1.82) is 0 Å². The van der Waals surface area contributed by atoms with Gasteiger partial charge in [-0.15, -0.1) is 0 Å². The number of hydrogen-bond donors (Lipinski definition) is 0. The molecule has 0 bridgehead atoms. The van der Waals surface area contributed by atoms with E-state index in [1.165, 1.54) is 75.0 Å². The molecule has 6 heteroatoms. The average molecular weight is 453 g/mol. The predicted molar refractivity (Wildman–Crippen MR) is 136 cm³/mol. The van der Waals surface area contributed by atoms with Crippen molar-refractivity contribution in [3.8, 4) is 16.8 Å². The summed E-state index contributed by atoms with van der Waals surface area (Å²) in [4.78, 5) is 14.2. The Labute approximate surface area is 201 Å². The van der Waals surface area contributed by atoms with Gasteiger partial charge < -0.3 is 0 Å². The SMILES string of the molecule is c1cc(-n2ncc3cc(-c4cncc(CN5CCCC5)c4)ccc32)cc(CN2CCCCC2)n1. The van der Waals surface area contributed by atoms with Gasteiger partial charge in [-0.25, -0.2) is 4.68 Å². The largest absolute Gasteiger partial charge is 0.299 e. The zero-order valence-corrected chi connectivity index (χ0v) is 19.7. The van der Waals surface area contributed by atoms with Gasteiger partial charge in [0.05, 0.1) is 23.1 Å². The van der Waals surface area contributed by atoms with Crippen LogP contribution in [0.25, 0.3) is 27.7 Å². The van der Waals surface area contributed by atoms with Crippen LogP contribution in [0, 0.1) is 0 Å². The van der Waals surface area contributed by atoms with E-state index in [0.717, 1.165) is 35.4 Å². The van der Waals surface area contributed by atoms with Gasteiger partial charge in [-0.1, -0.05) is 12.5 Å². The molecule has 5 heterocycles. The molecule has 0 atom stereocenters. The molecule has 1 aromatic carbocycles. The van der Waals surface area contributed by atoms with Crippen LogP contribution in [0.5, 0.6) is 0 Å². The number of aromatic nitrogens is 4. The Balaban J connectivity index is 1.24. The lowest BCUT2D eigenvalue weighted by molar-refractivity contribution is 0.218. The van der Waals surface area contributed by atoms with Crippen LogP contribution in [-0.4, -0.2) is 55.7 Å². The third-order valence-corrected chi connectivity index (χ3v) is 7.18. The lowest BCUT2D eigenvalue weighted by Gasteiger charge is -2.26. The van der Waals surface area contributed by atoms with Crippen LogP contribution < -0.4 is 0 Å². The Bertz CT molecular complexity index is 1270. The maximum absolute atomic E-state index is 4.73. The van der Waals surface area contributed by atoms with Gasteiger partial charge in [-0.3, -0.25) is 19.8 Å². The number of piperidine rings is 1. The first-order valence-electron chi connectivity index (χ1n) is 12.6. The minimum Gasteiger partial charge on any atom is -0.299 e. The van der Waals surface area contributed by atoms with Crippen LogP contribution in [0.3, 0.4) is 0 Å². The number of benzene rings is 1. The lowest BCUT2D eigenvalue weighted by atomic mass is 10.0. The smallest absolute Gasteiger partial charge is 0.0741 e. The highest BCUT2D eigenvalue weighted by Gasteiger charge is 2.14. The quantitative estimate of drug-likeness (QED) is 0.409. The van der Waals surface area contributed by atoms with Crippen LogP contribution >= 0.6 is 0 Å². The van der Waals surface area contributed by atoms with Gasteiger partial charge in [0.1, 0.15) is 0 Å². The minimum atomic E-state index is 0.915. The fraction of sp³-hybridized carbons (Fsp3) is 0.393. The molecule has 0 saturated carbocycles. The van der Waals surface area contributed by atoms with Gasteiger partial charge in [-0.05, 0) is 93.3 Å². The monoisotopic (exact) mass is 452 g/mol. The third-order valence-electron chi connectivity index (χ3n) is 7.18. The molecule has 34 heavy (non-hydrogen) atoms. The van der Waals surface area contributed by atoms with Crippen LogP contribution in [0.4, 0.5) is 0 Å². The molecular weight excluding hydrogens is 420 g/mol. The molecule has 2 aliphatic rings. The molecule has 2 aliphatic heterocycles. The maximum atomic E-state index is 4.73. The Kier molecular flexibility index (Phi) is 6.08. The van der Waals surface area contributed by atoms with E-state index >= 15 is 0 Å². The fourth-order valence-corrected chi connectivity index (χ4v) is 5.38. The molecule has 0 spiro atoms. The number of fused-ring (bicyclic) bond motifs is 1. The summed E-state index contributed by atoms with van der Waals surface area (Å²) in [6.45, 7) is 6.65. The Morgan fingerprint density at radius 3 is 2.35 bits per heavy atom. The molecule has 0 N–H and O–H groups in total. The summed E-state index contributed by atoms with van der Waals surface area (Å²) in [6, 6.07) is 13.1. The second-order valence-electron chi connectivity index (χ2n) is 9.74. The van der Waals surface area contributed by atoms with Crippen molar-refractivity contribution in [1.82, 2.24) is 29.5 Å². The lowest BCUT2D eigenvalue weighted by Crippen LogP contribution is -2.29. The van der Waals surface area contributed by atoms with E-state index in [4.69, 9.17) is 5.10 Å². The molecule has 0 unspecified atom stereocenters. The van der Waals surface area contributed by atoms with Crippen molar-refractivity contribution in [2.24, 2.45) is 0 Å². The van der Waals surface area contributed by atoms with Gasteiger partial charge in [0.2, 0.25) is 0 Å². The molecule has 0 amide bonds. The van der Waals surface area contributed by atoms with Crippen molar-refractivity contribution in [3.05, 3.63) is 72.4 Å². The summed E-state index contributed by atoms with van der Waals surface area (Å²) < 4.78 is 2.03. The number of nitrogens with zero attached hydrogens (tertiary/aromatic N) is 6. The molecule has 4 aromatic rings. The molecule has 0 aliphatic carbocycles. The fourth-order valence-electron chi connectivity index (χ4n) is 5.38. The Hall–Kier alpha value is -3.09. The van der Waals surface area contributed by atoms with Crippen LogP contribution in [0.15, 0.2) is 61.2 Å². The summed E-state index contributed by atoms with van der Waals surface area (Å²) in [5.41, 5.74) is 6.93. The Morgan fingerprint density at radius 1 is 0.706 bits per heavy atom. The van der Waals surface area contributed by atoms with Crippen molar-refractivity contribution >= 4 is 10.9 Å². The summed E-state index contributed by atoms with van der Waals surface area (Å²) in [5, 5.41) is 5.86. The van der Waals surface area contributed by atoms with E-state index in [-0.39, 0.29) is 0 Å². The van der Waals surface area contributed by atoms with E-state index in [0.29, 0.717) is 0 Å². The van der Waals surface area contributed by atoms with Crippen molar-refractivity contribution < 1.29 is 0 Å². The van der Waals surface area contributed by atoms with E-state index in [1.807, 2.05) is 35.5 Å². The predicted octanol–water partition coefficient (Wildman–Crippen LogP) is 5.06. The second kappa shape index (κ2) is 9.65. The number of hydrogen-bond acceptors (Lipinski definition) is 5. The number of likely N-dealkylation sites (tertiary alicyclic amines) is 2. The highest BCUT2D eigenvalue weighted by molar-refractivity contribution is 5.85. The summed E-state index contributed by atoms with van der Waals surface area (Å²) >= 11 is 0. The van der Waals surface area contributed by atoms with Gasteiger partial charge in [0.15, 0.2) is 0 Å². The van der Waals surface area contributed by atoms with Crippen molar-refractivity contribution in [2.75, 3.05) is 26.2 Å². The molecule has 6 nitrogen and oxygen atoms in total. The normalized spacial score (nSPS) is 17.5. The summed E-state index contributed by atoms with van der Waals surface area (Å²) in [5.74, 6) is 0. The first-order chi connectivity index (χ1) is 16.8. The number of rotatable bonds is 6.